The fourth-order valence-corrected chi connectivity index (χ4v) is 4.42. The highest BCUT2D eigenvalue weighted by Gasteiger charge is 2.22. The number of aryl methyl sites for hydroxylation is 1. The maximum Gasteiger partial charge on any atom is 0.227 e. The average molecular weight is 365 g/mol. The van der Waals surface area contributed by atoms with Crippen LogP contribution in [0.2, 0.25) is 0 Å². The molecular weight excluding hydrogens is 332 g/mol. The van der Waals surface area contributed by atoms with Gasteiger partial charge in [-0.25, -0.2) is 4.98 Å². The van der Waals surface area contributed by atoms with Crippen molar-refractivity contribution in [2.24, 2.45) is 5.92 Å². The lowest BCUT2D eigenvalue weighted by molar-refractivity contribution is 0.400. The van der Waals surface area contributed by atoms with Gasteiger partial charge < -0.3 is 9.80 Å². The van der Waals surface area contributed by atoms with Crippen molar-refractivity contribution in [3.8, 4) is 0 Å². The van der Waals surface area contributed by atoms with E-state index < -0.39 is 0 Å². The molecule has 2 saturated heterocycles. The van der Waals surface area contributed by atoms with Crippen molar-refractivity contribution in [3.63, 3.8) is 0 Å². The monoisotopic (exact) mass is 364 g/mol. The van der Waals surface area contributed by atoms with Gasteiger partial charge in [-0.15, -0.1) is 0 Å². The zero-order valence-electron chi connectivity index (χ0n) is 16.6. The van der Waals surface area contributed by atoms with E-state index in [0.29, 0.717) is 0 Å². The van der Waals surface area contributed by atoms with Crippen LogP contribution in [0.25, 0.3) is 0 Å². The molecule has 144 valence electrons. The summed E-state index contributed by atoms with van der Waals surface area (Å²) in [5.41, 5.74) is 2.55. The van der Waals surface area contributed by atoms with E-state index in [1.807, 2.05) is 0 Å². The normalized spacial score (nSPS) is 19.1. The van der Waals surface area contributed by atoms with E-state index in [1.165, 1.54) is 50.5 Å². The second-order valence-electron chi connectivity index (χ2n) is 8.19. The molecule has 0 radical (unpaired) electrons. The van der Waals surface area contributed by atoms with E-state index >= 15 is 0 Å². The lowest BCUT2D eigenvalue weighted by Crippen LogP contribution is -2.36. The zero-order chi connectivity index (χ0) is 18.5. The lowest BCUT2D eigenvalue weighted by atomic mass is 9.90. The van der Waals surface area contributed by atoms with Crippen LogP contribution in [0.4, 0.5) is 11.8 Å². The van der Waals surface area contributed by atoms with E-state index in [9.17, 15) is 0 Å². The van der Waals surface area contributed by atoms with Gasteiger partial charge in [0, 0.05) is 37.9 Å². The van der Waals surface area contributed by atoms with Crippen LogP contribution in [0.5, 0.6) is 0 Å². The van der Waals surface area contributed by atoms with E-state index in [-0.39, 0.29) is 0 Å². The first-order valence-corrected chi connectivity index (χ1v) is 10.7. The van der Waals surface area contributed by atoms with Crippen molar-refractivity contribution in [1.82, 2.24) is 9.97 Å². The number of hydrogen-bond donors (Lipinski definition) is 0. The Hall–Kier alpha value is -2.10. The number of rotatable bonds is 4. The molecule has 2 fully saturated rings. The lowest BCUT2D eigenvalue weighted by Gasteiger charge is -2.33. The predicted octanol–water partition coefficient (Wildman–Crippen LogP) is 4.62. The first-order valence-electron chi connectivity index (χ1n) is 10.7. The molecule has 0 bridgehead atoms. The SMILES string of the molecule is Cc1cc(N2CCCCCC2)nc(N2CCC(Cc3ccccc3)CC2)n1. The van der Waals surface area contributed by atoms with Crippen molar-refractivity contribution in [2.45, 2.75) is 51.9 Å². The zero-order valence-corrected chi connectivity index (χ0v) is 16.6. The summed E-state index contributed by atoms with van der Waals surface area (Å²) in [7, 11) is 0. The molecule has 2 aliphatic heterocycles. The molecule has 0 unspecified atom stereocenters. The standard InChI is InChI=1S/C23H32N4/c1-19-17-22(26-13-7-2-3-8-14-26)25-23(24-19)27-15-11-21(12-16-27)18-20-9-5-4-6-10-20/h4-6,9-10,17,21H,2-3,7-8,11-16,18H2,1H3. The molecule has 4 nitrogen and oxygen atoms in total. The van der Waals surface area contributed by atoms with E-state index in [0.717, 1.165) is 49.6 Å². The van der Waals surface area contributed by atoms with Gasteiger partial charge in [-0.3, -0.25) is 0 Å². The van der Waals surface area contributed by atoms with Gasteiger partial charge in [0.15, 0.2) is 0 Å². The second kappa shape index (κ2) is 8.73. The van der Waals surface area contributed by atoms with Crippen LogP contribution < -0.4 is 9.80 Å². The molecule has 0 N–H and O–H groups in total. The van der Waals surface area contributed by atoms with E-state index in [1.54, 1.807) is 0 Å². The smallest absolute Gasteiger partial charge is 0.227 e. The summed E-state index contributed by atoms with van der Waals surface area (Å²) in [5.74, 6) is 2.84. The third-order valence-electron chi connectivity index (χ3n) is 6.02. The predicted molar refractivity (Wildman–Crippen MR) is 113 cm³/mol. The minimum atomic E-state index is 0.776. The molecule has 0 amide bonds. The molecule has 27 heavy (non-hydrogen) atoms. The van der Waals surface area contributed by atoms with Crippen LogP contribution in [0.15, 0.2) is 36.4 Å². The summed E-state index contributed by atoms with van der Waals surface area (Å²) in [4.78, 5) is 14.6. The number of hydrogen-bond acceptors (Lipinski definition) is 4. The summed E-state index contributed by atoms with van der Waals surface area (Å²) in [5, 5.41) is 0. The van der Waals surface area contributed by atoms with Gasteiger partial charge in [-0.05, 0) is 50.5 Å². The number of aromatic nitrogens is 2. The van der Waals surface area contributed by atoms with Crippen LogP contribution in [0.3, 0.4) is 0 Å². The quantitative estimate of drug-likeness (QED) is 0.792. The fraction of sp³-hybridized carbons (Fsp3) is 0.565. The van der Waals surface area contributed by atoms with Gasteiger partial charge in [0.25, 0.3) is 0 Å². The third-order valence-corrected chi connectivity index (χ3v) is 6.02. The Morgan fingerprint density at radius 2 is 1.56 bits per heavy atom. The molecule has 4 heteroatoms. The molecule has 0 saturated carbocycles. The number of benzene rings is 1. The molecule has 2 aliphatic rings. The van der Waals surface area contributed by atoms with Crippen molar-refractivity contribution < 1.29 is 0 Å². The summed E-state index contributed by atoms with van der Waals surface area (Å²) < 4.78 is 0. The molecule has 1 aromatic carbocycles. The van der Waals surface area contributed by atoms with Gasteiger partial charge in [-0.2, -0.15) is 4.98 Å². The minimum Gasteiger partial charge on any atom is -0.356 e. The first kappa shape index (κ1) is 18.3. The van der Waals surface area contributed by atoms with Crippen molar-refractivity contribution in [3.05, 3.63) is 47.7 Å². The molecule has 2 aromatic rings. The Kier molecular flexibility index (Phi) is 5.90. The molecule has 0 spiro atoms. The van der Waals surface area contributed by atoms with Crippen molar-refractivity contribution in [1.29, 1.82) is 0 Å². The van der Waals surface area contributed by atoms with Gasteiger partial charge in [0.1, 0.15) is 5.82 Å². The summed E-state index contributed by atoms with van der Waals surface area (Å²) >= 11 is 0. The average Bonchev–Trinajstić information content (AvgIpc) is 2.98. The highest BCUT2D eigenvalue weighted by atomic mass is 15.3. The van der Waals surface area contributed by atoms with Crippen LogP contribution in [-0.2, 0) is 6.42 Å². The minimum absolute atomic E-state index is 0.776. The fourth-order valence-electron chi connectivity index (χ4n) is 4.42. The molecule has 4 rings (SSSR count). The highest BCUT2D eigenvalue weighted by molar-refractivity contribution is 5.46. The first-order chi connectivity index (χ1) is 13.3. The van der Waals surface area contributed by atoms with E-state index in [4.69, 9.17) is 9.97 Å². The van der Waals surface area contributed by atoms with Crippen molar-refractivity contribution >= 4 is 11.8 Å². The highest BCUT2D eigenvalue weighted by Crippen LogP contribution is 2.26. The van der Waals surface area contributed by atoms with Crippen molar-refractivity contribution in [2.75, 3.05) is 36.0 Å². The van der Waals surface area contributed by atoms with Crippen LogP contribution >= 0.6 is 0 Å². The maximum absolute atomic E-state index is 4.97. The molecular formula is C23H32N4. The summed E-state index contributed by atoms with van der Waals surface area (Å²) in [6.45, 7) is 6.51. The number of anilines is 2. The van der Waals surface area contributed by atoms with Gasteiger partial charge in [0.2, 0.25) is 5.95 Å². The third kappa shape index (κ3) is 4.79. The van der Waals surface area contributed by atoms with Crippen LogP contribution in [-0.4, -0.2) is 36.1 Å². The number of piperidine rings is 1. The molecule has 0 aliphatic carbocycles. The van der Waals surface area contributed by atoms with Gasteiger partial charge >= 0.3 is 0 Å². The Morgan fingerprint density at radius 1 is 0.852 bits per heavy atom. The molecule has 1 aromatic heterocycles. The van der Waals surface area contributed by atoms with Crippen LogP contribution in [0, 0.1) is 12.8 Å². The van der Waals surface area contributed by atoms with Crippen LogP contribution in [0.1, 0.15) is 49.8 Å². The Bertz CT molecular complexity index is 714. The van der Waals surface area contributed by atoms with Gasteiger partial charge in [-0.1, -0.05) is 43.2 Å². The Morgan fingerprint density at radius 3 is 2.26 bits per heavy atom. The van der Waals surface area contributed by atoms with Gasteiger partial charge in [0.05, 0.1) is 0 Å². The Labute approximate surface area is 163 Å². The summed E-state index contributed by atoms with van der Waals surface area (Å²) in [6, 6.07) is 13.1. The van der Waals surface area contributed by atoms with E-state index in [2.05, 4.69) is 53.1 Å². The summed E-state index contributed by atoms with van der Waals surface area (Å²) in [6.07, 6.45) is 8.91. The second-order valence-corrected chi connectivity index (χ2v) is 8.19. The molecule has 0 atom stereocenters. The Balaban J connectivity index is 1.40. The topological polar surface area (TPSA) is 32.3 Å². The largest absolute Gasteiger partial charge is 0.356 e. The number of nitrogens with zero attached hydrogens (tertiary/aromatic N) is 4. The molecule has 3 heterocycles. The maximum atomic E-state index is 4.97.